The van der Waals surface area contributed by atoms with E-state index in [1.54, 1.807) is 24.3 Å². The fraction of sp³-hybridized carbons (Fsp3) is 0.333. The number of nitriles is 1. The van der Waals surface area contributed by atoms with Gasteiger partial charge in [-0.3, -0.25) is 9.36 Å². The Kier molecular flexibility index (Phi) is 4.97. The molecular formula is C21H19N3O3S. The van der Waals surface area contributed by atoms with Gasteiger partial charge in [-0.15, -0.1) is 11.3 Å². The molecule has 3 aromatic rings. The molecule has 1 aliphatic carbocycles. The van der Waals surface area contributed by atoms with Crippen molar-refractivity contribution < 1.29 is 9.53 Å². The lowest BCUT2D eigenvalue weighted by molar-refractivity contribution is 0.0463. The van der Waals surface area contributed by atoms with Crippen LogP contribution in [0.3, 0.4) is 0 Å². The van der Waals surface area contributed by atoms with Crippen LogP contribution in [0.15, 0.2) is 35.1 Å². The summed E-state index contributed by atoms with van der Waals surface area (Å²) in [7, 11) is 0. The zero-order chi connectivity index (χ0) is 19.7. The number of rotatable bonds is 4. The third kappa shape index (κ3) is 3.43. The minimum Gasteiger partial charge on any atom is -0.453 e. The minimum atomic E-state index is -0.419. The maximum atomic E-state index is 12.7. The van der Waals surface area contributed by atoms with E-state index in [-0.39, 0.29) is 24.5 Å². The van der Waals surface area contributed by atoms with E-state index in [2.05, 4.69) is 11.9 Å². The van der Waals surface area contributed by atoms with Gasteiger partial charge in [-0.05, 0) is 48.9 Å². The summed E-state index contributed by atoms with van der Waals surface area (Å²) >= 11 is 1.48. The molecular weight excluding hydrogens is 374 g/mol. The van der Waals surface area contributed by atoms with Gasteiger partial charge in [0.15, 0.2) is 5.82 Å². The highest BCUT2D eigenvalue weighted by Gasteiger charge is 2.22. The Morgan fingerprint density at radius 2 is 2.25 bits per heavy atom. The maximum Gasteiger partial charge on any atom is 0.348 e. The number of nitrogens with zero attached hydrogens (tertiary/aromatic N) is 3. The second kappa shape index (κ2) is 7.56. The predicted octanol–water partition coefficient (Wildman–Crippen LogP) is 3.46. The summed E-state index contributed by atoms with van der Waals surface area (Å²) in [5, 5.41) is 9.51. The van der Waals surface area contributed by atoms with Crippen LogP contribution in [0, 0.1) is 17.2 Å². The van der Waals surface area contributed by atoms with Crippen molar-refractivity contribution in [2.24, 2.45) is 5.92 Å². The van der Waals surface area contributed by atoms with Crippen molar-refractivity contribution in [3.05, 3.63) is 61.8 Å². The van der Waals surface area contributed by atoms with Gasteiger partial charge in [0.05, 0.1) is 17.0 Å². The maximum absolute atomic E-state index is 12.7. The van der Waals surface area contributed by atoms with Crippen LogP contribution in [0.1, 0.15) is 39.3 Å². The number of aromatic nitrogens is 2. The first-order valence-electron chi connectivity index (χ1n) is 9.21. The first kappa shape index (κ1) is 18.4. The third-order valence-electron chi connectivity index (χ3n) is 5.03. The molecule has 0 amide bonds. The molecule has 7 heteroatoms. The van der Waals surface area contributed by atoms with E-state index >= 15 is 0 Å². The molecule has 6 nitrogen and oxygen atoms in total. The first-order chi connectivity index (χ1) is 13.6. The summed E-state index contributed by atoms with van der Waals surface area (Å²) in [4.78, 5) is 31.5. The molecule has 1 aliphatic rings. The van der Waals surface area contributed by atoms with E-state index in [0.29, 0.717) is 21.7 Å². The number of thiophene rings is 1. The fourth-order valence-corrected chi connectivity index (χ4v) is 4.67. The van der Waals surface area contributed by atoms with E-state index in [9.17, 15) is 9.59 Å². The molecule has 0 N–H and O–H groups in total. The van der Waals surface area contributed by atoms with Crippen molar-refractivity contribution in [1.29, 1.82) is 5.26 Å². The van der Waals surface area contributed by atoms with Crippen molar-refractivity contribution in [2.75, 3.05) is 0 Å². The number of benzene rings is 1. The SMILES string of the molecule is C[C@H]1CCc2sc(C(=O)OCc3nc4ccccc4c(=O)n3CC#N)cc2C1. The summed E-state index contributed by atoms with van der Waals surface area (Å²) in [6.45, 7) is 1.92. The lowest BCUT2D eigenvalue weighted by Gasteiger charge is -2.16. The molecule has 0 fully saturated rings. The average Bonchev–Trinajstić information content (AvgIpc) is 3.12. The number of carbonyl (C=O) groups excluding carboxylic acids is 1. The molecule has 2 aromatic heterocycles. The quantitative estimate of drug-likeness (QED) is 0.634. The van der Waals surface area contributed by atoms with Gasteiger partial charge >= 0.3 is 5.97 Å². The number of carbonyl (C=O) groups is 1. The number of aryl methyl sites for hydroxylation is 1. The lowest BCUT2D eigenvalue weighted by Crippen LogP contribution is -2.26. The van der Waals surface area contributed by atoms with Gasteiger partial charge in [-0.25, -0.2) is 9.78 Å². The zero-order valence-electron chi connectivity index (χ0n) is 15.5. The van der Waals surface area contributed by atoms with E-state index in [1.807, 2.05) is 12.1 Å². The number of para-hydroxylation sites is 1. The molecule has 0 saturated heterocycles. The van der Waals surface area contributed by atoms with Gasteiger partial charge < -0.3 is 4.74 Å². The topological polar surface area (TPSA) is 85.0 Å². The number of esters is 1. The summed E-state index contributed by atoms with van der Waals surface area (Å²) in [5.74, 6) is 0.486. The van der Waals surface area contributed by atoms with E-state index in [1.165, 1.54) is 26.3 Å². The van der Waals surface area contributed by atoms with E-state index in [0.717, 1.165) is 19.3 Å². The summed E-state index contributed by atoms with van der Waals surface area (Å²) in [6, 6.07) is 10.8. The molecule has 1 atom stereocenters. The van der Waals surface area contributed by atoms with Crippen LogP contribution >= 0.6 is 11.3 Å². The second-order valence-electron chi connectivity index (χ2n) is 7.08. The van der Waals surface area contributed by atoms with E-state index < -0.39 is 5.97 Å². The number of hydrogen-bond donors (Lipinski definition) is 0. The molecule has 0 unspecified atom stereocenters. The van der Waals surface area contributed by atoms with Crippen LogP contribution < -0.4 is 5.56 Å². The molecule has 0 saturated carbocycles. The summed E-state index contributed by atoms with van der Waals surface area (Å²) < 4.78 is 6.71. The van der Waals surface area contributed by atoms with Gasteiger partial charge in [0.1, 0.15) is 18.0 Å². The van der Waals surface area contributed by atoms with Crippen LogP contribution in [0.25, 0.3) is 10.9 Å². The highest BCUT2D eigenvalue weighted by atomic mass is 32.1. The molecule has 0 radical (unpaired) electrons. The zero-order valence-corrected chi connectivity index (χ0v) is 16.3. The van der Waals surface area contributed by atoms with E-state index in [4.69, 9.17) is 10.00 Å². The predicted molar refractivity (Wildman–Crippen MR) is 106 cm³/mol. The smallest absolute Gasteiger partial charge is 0.348 e. The Balaban J connectivity index is 1.58. The van der Waals surface area contributed by atoms with Crippen molar-refractivity contribution in [3.63, 3.8) is 0 Å². The van der Waals surface area contributed by atoms with Crippen molar-refractivity contribution >= 4 is 28.2 Å². The molecule has 0 bridgehead atoms. The third-order valence-corrected chi connectivity index (χ3v) is 6.25. The summed E-state index contributed by atoms with van der Waals surface area (Å²) in [5.41, 5.74) is 1.45. The van der Waals surface area contributed by atoms with Gasteiger partial charge in [0, 0.05) is 4.88 Å². The fourth-order valence-electron chi connectivity index (χ4n) is 3.57. The molecule has 28 heavy (non-hydrogen) atoms. The second-order valence-corrected chi connectivity index (χ2v) is 8.21. The first-order valence-corrected chi connectivity index (χ1v) is 10.0. The minimum absolute atomic E-state index is 0.144. The van der Waals surface area contributed by atoms with Crippen LogP contribution in [0.2, 0.25) is 0 Å². The molecule has 2 heterocycles. The van der Waals surface area contributed by atoms with Gasteiger partial charge in [-0.2, -0.15) is 5.26 Å². The lowest BCUT2D eigenvalue weighted by atomic mass is 9.90. The van der Waals surface area contributed by atoms with Crippen molar-refractivity contribution in [3.8, 4) is 6.07 Å². The monoisotopic (exact) mass is 393 g/mol. The molecule has 0 aliphatic heterocycles. The Morgan fingerprint density at radius 3 is 3.07 bits per heavy atom. The van der Waals surface area contributed by atoms with Gasteiger partial charge in [0.25, 0.3) is 5.56 Å². The van der Waals surface area contributed by atoms with Crippen molar-refractivity contribution in [1.82, 2.24) is 9.55 Å². The van der Waals surface area contributed by atoms with Crippen LogP contribution in [-0.2, 0) is 30.7 Å². The molecule has 4 rings (SSSR count). The van der Waals surface area contributed by atoms with Gasteiger partial charge in [0.2, 0.25) is 0 Å². The van der Waals surface area contributed by atoms with Crippen LogP contribution in [0.4, 0.5) is 0 Å². The Morgan fingerprint density at radius 1 is 1.43 bits per heavy atom. The highest BCUT2D eigenvalue weighted by molar-refractivity contribution is 7.14. The average molecular weight is 393 g/mol. The van der Waals surface area contributed by atoms with Gasteiger partial charge in [-0.1, -0.05) is 19.1 Å². The number of hydrogen-bond acceptors (Lipinski definition) is 6. The largest absolute Gasteiger partial charge is 0.453 e. The van der Waals surface area contributed by atoms with Crippen LogP contribution in [-0.4, -0.2) is 15.5 Å². The summed E-state index contributed by atoms with van der Waals surface area (Å²) in [6.07, 6.45) is 3.14. The normalized spacial score (nSPS) is 15.8. The Bertz CT molecular complexity index is 1160. The number of ether oxygens (including phenoxy) is 1. The standard InChI is InChI=1S/C21H19N3O3S/c1-13-6-7-17-14(10-13)11-18(28-17)21(26)27-12-19-23-16-5-3-2-4-15(16)20(25)24(19)9-8-22/h2-5,11,13H,6-7,9-10,12H2,1H3/t13-/m0/s1. The molecule has 0 spiro atoms. The molecule has 142 valence electrons. The van der Waals surface area contributed by atoms with Crippen LogP contribution in [0.5, 0.6) is 0 Å². The Hall–Kier alpha value is -2.98. The Labute approximate surface area is 166 Å². The number of fused-ring (bicyclic) bond motifs is 2. The highest BCUT2D eigenvalue weighted by Crippen LogP contribution is 2.32. The molecule has 1 aromatic carbocycles. The van der Waals surface area contributed by atoms with Crippen molar-refractivity contribution in [2.45, 2.75) is 39.3 Å².